The Balaban J connectivity index is 0. The molecule has 6 nitrogen and oxygen atoms in total. The number of hydrogen-bond donors (Lipinski definition) is 0. The van der Waals surface area contributed by atoms with Crippen LogP contribution in [0, 0.1) is 10.1 Å². The minimum Gasteiger partial charge on any atom is -0.673 e. The molecule has 1 aromatic carbocycles. The molecule has 0 saturated heterocycles. The fourth-order valence-corrected chi connectivity index (χ4v) is 1.13. The first kappa shape index (κ1) is 20.2. The third kappa shape index (κ3) is 5.66. The Hall–Kier alpha value is -0.145. The van der Waals surface area contributed by atoms with Crippen LogP contribution in [0.5, 0.6) is 0 Å². The molecule has 0 heterocycles. The Bertz CT molecular complexity index is 410. The van der Waals surface area contributed by atoms with Crippen LogP contribution in [0.3, 0.4) is 0 Å². The molecule has 1 rings (SSSR count). The molecule has 7 heteroatoms. The topological polar surface area (TPSA) is 93.2 Å². The number of carbonyl (C=O) groups excluding carboxylic acids is 1. The van der Waals surface area contributed by atoms with Crippen LogP contribution in [0.1, 0.15) is 29.8 Å². The van der Waals surface area contributed by atoms with E-state index in [2.05, 4.69) is 4.74 Å². The molecule has 1 aromatic rings. The number of rotatable bonds is 3. The summed E-state index contributed by atoms with van der Waals surface area (Å²) in [6.45, 7) is 3.80. The van der Waals surface area contributed by atoms with Crippen molar-refractivity contribution in [1.82, 2.24) is 0 Å². The van der Waals surface area contributed by atoms with Gasteiger partial charge in [0, 0.05) is 11.6 Å². The maximum absolute atomic E-state index is 11.1. The van der Waals surface area contributed by atoms with Crippen molar-refractivity contribution < 1.29 is 72.6 Å². The van der Waals surface area contributed by atoms with E-state index in [1.165, 1.54) is 19.2 Å². The predicted octanol–water partition coefficient (Wildman–Crippen LogP) is -0.0362. The Kier molecular flexibility index (Phi) is 12.0. The molecule has 0 saturated carbocycles. The molecular weight excluding hydrogens is 310 g/mol. The zero-order chi connectivity index (χ0) is 13.4. The Morgan fingerprint density at radius 2 is 2.00 bits per heavy atom. The average Bonchev–Trinajstić information content (AvgIpc) is 2.39. The number of carbonyl (C=O) groups is 1. The van der Waals surface area contributed by atoms with Crippen molar-refractivity contribution in [3.05, 3.63) is 45.2 Å². The van der Waals surface area contributed by atoms with Crippen LogP contribution < -0.4 is 58.2 Å². The van der Waals surface area contributed by atoms with Crippen molar-refractivity contribution in [1.29, 1.82) is 0 Å². The normalized spacial score (nSPS) is 8.44. The number of esters is 1. The van der Waals surface area contributed by atoms with Crippen molar-refractivity contribution in [2.75, 3.05) is 7.11 Å². The van der Waals surface area contributed by atoms with Crippen LogP contribution >= 0.6 is 0 Å². The average molecular weight is 325 g/mol. The summed E-state index contributed by atoms with van der Waals surface area (Å²) in [4.78, 5) is 21.1. The molecule has 0 aromatic heterocycles. The van der Waals surface area contributed by atoms with Crippen molar-refractivity contribution in [2.24, 2.45) is 0 Å². The Labute approximate surface area is 155 Å². The van der Waals surface area contributed by atoms with Gasteiger partial charge in [0.25, 0.3) is 5.69 Å². The number of hydrogen-bond acceptors (Lipinski definition) is 4. The van der Waals surface area contributed by atoms with Crippen molar-refractivity contribution in [3.63, 3.8) is 0 Å². The van der Waals surface area contributed by atoms with Gasteiger partial charge in [-0.05, 0) is 6.07 Å². The maximum Gasteiger partial charge on any atom is 1.00 e. The number of nitrogens with zero attached hydrogens (tertiary/aromatic N) is 1. The van der Waals surface area contributed by atoms with Gasteiger partial charge < -0.3 is 10.5 Å². The summed E-state index contributed by atoms with van der Waals surface area (Å²) in [5.41, 5.74) is 7.23. The molecule has 0 atom stereocenters. The number of nitro groups is 1. The summed E-state index contributed by atoms with van der Waals surface area (Å²) in [6.07, 6.45) is 0. The van der Waals surface area contributed by atoms with E-state index in [1.807, 2.05) is 13.8 Å². The van der Waals surface area contributed by atoms with Crippen molar-refractivity contribution >= 4 is 11.7 Å². The summed E-state index contributed by atoms with van der Waals surface area (Å²) in [5.74, 6) is -0.630. The molecule has 0 aliphatic rings. The number of ether oxygens (including phenoxy) is 1. The Morgan fingerprint density at radius 3 is 2.39 bits per heavy atom. The van der Waals surface area contributed by atoms with Crippen LogP contribution in [0.25, 0.3) is 5.73 Å². The number of methoxy groups -OCH3 is 1. The molecule has 0 unspecified atom stereocenters. The van der Waals surface area contributed by atoms with Crippen molar-refractivity contribution in [2.45, 2.75) is 20.4 Å². The van der Waals surface area contributed by atoms with Crippen LogP contribution in [-0.4, -0.2) is 18.0 Å². The minimum absolute atomic E-state index is 0. The van der Waals surface area contributed by atoms with Crippen LogP contribution in [-0.2, 0) is 11.3 Å². The molecule has 18 heavy (non-hydrogen) atoms. The standard InChI is InChI=1S/C9H9N2O4.C2H6.Rb/c1-15-9(12)6-2-3-7(5-10)8(4-6)11(13)14;1-2;/h2-4,10H,5H2,1H3;1-2H3;/q-1;;+1. The van der Waals surface area contributed by atoms with Gasteiger partial charge in [-0.1, -0.05) is 19.9 Å². The first-order valence-electron chi connectivity index (χ1n) is 5.10. The number of nitro benzene ring substituents is 1. The van der Waals surface area contributed by atoms with E-state index >= 15 is 0 Å². The van der Waals surface area contributed by atoms with E-state index in [1.54, 1.807) is 0 Å². The van der Waals surface area contributed by atoms with Gasteiger partial charge in [-0.2, -0.15) is 0 Å². The fourth-order valence-electron chi connectivity index (χ4n) is 1.13. The second-order valence-electron chi connectivity index (χ2n) is 2.77. The zero-order valence-electron chi connectivity index (χ0n) is 11.0. The second-order valence-corrected chi connectivity index (χ2v) is 2.77. The van der Waals surface area contributed by atoms with Gasteiger partial charge >= 0.3 is 64.2 Å². The largest absolute Gasteiger partial charge is 1.00 e. The summed E-state index contributed by atoms with van der Waals surface area (Å²) < 4.78 is 4.44. The van der Waals surface area contributed by atoms with Gasteiger partial charge in [-0.15, -0.1) is 6.54 Å². The molecule has 0 radical (unpaired) electrons. The third-order valence-corrected chi connectivity index (χ3v) is 1.89. The van der Waals surface area contributed by atoms with E-state index in [0.717, 1.165) is 6.07 Å². The van der Waals surface area contributed by atoms with E-state index in [4.69, 9.17) is 5.73 Å². The molecule has 0 bridgehead atoms. The van der Waals surface area contributed by atoms with Crippen LogP contribution in [0.2, 0.25) is 0 Å². The van der Waals surface area contributed by atoms with Gasteiger partial charge in [0.15, 0.2) is 0 Å². The van der Waals surface area contributed by atoms with E-state index in [0.29, 0.717) is 0 Å². The van der Waals surface area contributed by atoms with Crippen LogP contribution in [0.15, 0.2) is 18.2 Å². The number of nitrogens with one attached hydrogen (secondary N) is 1. The van der Waals surface area contributed by atoms with Gasteiger partial charge in [0.1, 0.15) is 0 Å². The van der Waals surface area contributed by atoms with Crippen LogP contribution in [0.4, 0.5) is 5.69 Å². The molecule has 0 spiro atoms. The molecule has 0 aliphatic carbocycles. The third-order valence-electron chi connectivity index (χ3n) is 1.89. The summed E-state index contributed by atoms with van der Waals surface area (Å²) in [5, 5.41) is 10.6. The van der Waals surface area contributed by atoms with Gasteiger partial charge in [-0.25, -0.2) is 4.79 Å². The first-order valence-corrected chi connectivity index (χ1v) is 5.10. The smallest absolute Gasteiger partial charge is 0.673 e. The second kappa shape index (κ2) is 10.7. The quantitative estimate of drug-likeness (QED) is 0.443. The summed E-state index contributed by atoms with van der Waals surface area (Å²) in [6, 6.07) is 3.91. The molecule has 94 valence electrons. The minimum atomic E-state index is -0.630. The van der Waals surface area contributed by atoms with Crippen molar-refractivity contribution in [3.8, 4) is 0 Å². The van der Waals surface area contributed by atoms with Gasteiger partial charge in [0.2, 0.25) is 0 Å². The number of benzene rings is 1. The van der Waals surface area contributed by atoms with E-state index in [-0.39, 0.29) is 81.5 Å². The van der Waals surface area contributed by atoms with Gasteiger partial charge in [-0.3, -0.25) is 10.1 Å². The predicted molar refractivity (Wildman–Crippen MR) is 63.8 cm³/mol. The monoisotopic (exact) mass is 324 g/mol. The SMILES string of the molecule is CC.COC(=O)c1ccc(C[NH-])c([N+](=O)[O-])c1.[Rb+]. The molecule has 1 N–H and O–H groups in total. The van der Waals surface area contributed by atoms with E-state index in [9.17, 15) is 14.9 Å². The van der Waals surface area contributed by atoms with Gasteiger partial charge in [0.05, 0.1) is 17.6 Å². The first-order chi connectivity index (χ1) is 8.10. The zero-order valence-corrected chi connectivity index (χ0v) is 15.9. The summed E-state index contributed by atoms with van der Waals surface area (Å²) >= 11 is 0. The molecular formula is C11H15N2O4Rb. The molecule has 0 aliphatic heterocycles. The maximum atomic E-state index is 11.1. The Morgan fingerprint density at radius 1 is 1.44 bits per heavy atom. The molecule has 0 amide bonds. The van der Waals surface area contributed by atoms with E-state index < -0.39 is 10.9 Å². The summed E-state index contributed by atoms with van der Waals surface area (Å²) in [7, 11) is 1.20. The molecule has 0 fully saturated rings. The fraction of sp³-hybridized carbons (Fsp3) is 0.364.